The molecule has 0 aliphatic heterocycles. The second-order valence-electron chi connectivity index (χ2n) is 5.93. The van der Waals surface area contributed by atoms with Gasteiger partial charge in [-0.15, -0.1) is 0 Å². The first-order valence-electron chi connectivity index (χ1n) is 8.15. The van der Waals surface area contributed by atoms with Crippen LogP contribution in [0.2, 0.25) is 5.02 Å². The van der Waals surface area contributed by atoms with Gasteiger partial charge in [-0.2, -0.15) is 0 Å². The van der Waals surface area contributed by atoms with Gasteiger partial charge in [0.15, 0.2) is 0 Å². The van der Waals surface area contributed by atoms with E-state index in [0.29, 0.717) is 23.8 Å². The maximum absolute atomic E-state index is 12.8. The van der Waals surface area contributed by atoms with Crippen molar-refractivity contribution in [3.63, 3.8) is 0 Å². The van der Waals surface area contributed by atoms with Gasteiger partial charge in [0.25, 0.3) is 5.56 Å². The molecule has 0 atom stereocenters. The van der Waals surface area contributed by atoms with Gasteiger partial charge in [-0.25, -0.2) is 0 Å². The SMILES string of the molecule is CCNc1cc(-c2c(C)noc2C)cn(Cc2ccc(Cl)cc2)c1=O. The summed E-state index contributed by atoms with van der Waals surface area (Å²) in [5.74, 6) is 0.733. The molecule has 130 valence electrons. The van der Waals surface area contributed by atoms with E-state index in [0.717, 1.165) is 28.1 Å². The van der Waals surface area contributed by atoms with Crippen molar-refractivity contribution in [1.82, 2.24) is 9.72 Å². The summed E-state index contributed by atoms with van der Waals surface area (Å²) in [7, 11) is 0. The molecule has 2 heterocycles. The lowest BCUT2D eigenvalue weighted by Gasteiger charge is -2.13. The number of nitrogens with one attached hydrogen (secondary N) is 1. The predicted molar refractivity (Wildman–Crippen MR) is 100 cm³/mol. The molecule has 0 spiro atoms. The molecule has 25 heavy (non-hydrogen) atoms. The minimum atomic E-state index is -0.0627. The molecular formula is C19H20ClN3O2. The van der Waals surface area contributed by atoms with Gasteiger partial charge in [0, 0.05) is 28.9 Å². The quantitative estimate of drug-likeness (QED) is 0.741. The molecule has 1 N–H and O–H groups in total. The molecular weight excluding hydrogens is 338 g/mol. The average Bonchev–Trinajstić information content (AvgIpc) is 2.92. The normalized spacial score (nSPS) is 10.9. The minimum absolute atomic E-state index is 0.0627. The van der Waals surface area contributed by atoms with Crippen molar-refractivity contribution in [3.8, 4) is 11.1 Å². The molecule has 1 aromatic carbocycles. The Morgan fingerprint density at radius 3 is 2.56 bits per heavy atom. The minimum Gasteiger partial charge on any atom is -0.381 e. The number of aromatic nitrogens is 2. The lowest BCUT2D eigenvalue weighted by Crippen LogP contribution is -2.24. The number of pyridine rings is 1. The number of nitrogens with zero attached hydrogens (tertiary/aromatic N) is 2. The van der Waals surface area contributed by atoms with Crippen LogP contribution < -0.4 is 10.9 Å². The molecule has 0 radical (unpaired) electrons. The van der Waals surface area contributed by atoms with Crippen molar-refractivity contribution >= 4 is 17.3 Å². The van der Waals surface area contributed by atoms with Gasteiger partial charge >= 0.3 is 0 Å². The van der Waals surface area contributed by atoms with E-state index < -0.39 is 0 Å². The van der Waals surface area contributed by atoms with E-state index in [2.05, 4.69) is 10.5 Å². The van der Waals surface area contributed by atoms with Crippen molar-refractivity contribution < 1.29 is 4.52 Å². The molecule has 3 rings (SSSR count). The van der Waals surface area contributed by atoms with Gasteiger partial charge in [0.05, 0.1) is 12.2 Å². The Hall–Kier alpha value is -2.53. The van der Waals surface area contributed by atoms with Crippen molar-refractivity contribution in [2.75, 3.05) is 11.9 Å². The Morgan fingerprint density at radius 1 is 1.24 bits per heavy atom. The van der Waals surface area contributed by atoms with Gasteiger partial charge in [0.1, 0.15) is 11.4 Å². The predicted octanol–water partition coefficient (Wildman–Crippen LogP) is 4.25. The Morgan fingerprint density at radius 2 is 1.96 bits per heavy atom. The lowest BCUT2D eigenvalue weighted by molar-refractivity contribution is 0.393. The highest BCUT2D eigenvalue weighted by Gasteiger charge is 2.15. The molecule has 0 saturated heterocycles. The third-order valence-electron chi connectivity index (χ3n) is 4.04. The van der Waals surface area contributed by atoms with E-state index >= 15 is 0 Å². The molecule has 0 aliphatic carbocycles. The van der Waals surface area contributed by atoms with E-state index in [9.17, 15) is 4.79 Å². The smallest absolute Gasteiger partial charge is 0.274 e. The fourth-order valence-electron chi connectivity index (χ4n) is 2.89. The molecule has 0 fully saturated rings. The largest absolute Gasteiger partial charge is 0.381 e. The molecule has 5 nitrogen and oxygen atoms in total. The van der Waals surface area contributed by atoms with Crippen LogP contribution in [0.4, 0.5) is 5.69 Å². The fourth-order valence-corrected chi connectivity index (χ4v) is 3.01. The highest BCUT2D eigenvalue weighted by atomic mass is 35.5. The third-order valence-corrected chi connectivity index (χ3v) is 4.29. The monoisotopic (exact) mass is 357 g/mol. The summed E-state index contributed by atoms with van der Waals surface area (Å²) in [6, 6.07) is 9.35. The third kappa shape index (κ3) is 3.61. The number of hydrogen-bond donors (Lipinski definition) is 1. The topological polar surface area (TPSA) is 60.1 Å². The number of rotatable bonds is 5. The zero-order chi connectivity index (χ0) is 18.0. The number of aryl methyl sites for hydroxylation is 2. The summed E-state index contributed by atoms with van der Waals surface area (Å²) in [4.78, 5) is 12.8. The lowest BCUT2D eigenvalue weighted by atomic mass is 10.1. The summed E-state index contributed by atoms with van der Waals surface area (Å²) in [5, 5.41) is 7.84. The maximum Gasteiger partial charge on any atom is 0.274 e. The van der Waals surface area contributed by atoms with E-state index in [1.807, 2.05) is 57.3 Å². The van der Waals surface area contributed by atoms with Crippen LogP contribution in [0, 0.1) is 13.8 Å². The highest BCUT2D eigenvalue weighted by molar-refractivity contribution is 6.30. The number of halogens is 1. The summed E-state index contributed by atoms with van der Waals surface area (Å²) in [6.07, 6.45) is 1.85. The van der Waals surface area contributed by atoms with Crippen molar-refractivity contribution in [2.45, 2.75) is 27.3 Å². The zero-order valence-electron chi connectivity index (χ0n) is 14.5. The Balaban J connectivity index is 2.10. The van der Waals surface area contributed by atoms with Gasteiger partial charge in [-0.1, -0.05) is 28.9 Å². The van der Waals surface area contributed by atoms with Crippen LogP contribution in [0.3, 0.4) is 0 Å². The molecule has 2 aromatic heterocycles. The van der Waals surface area contributed by atoms with Crippen LogP contribution in [0.1, 0.15) is 23.9 Å². The molecule has 3 aromatic rings. The highest BCUT2D eigenvalue weighted by Crippen LogP contribution is 2.27. The van der Waals surface area contributed by atoms with Crippen LogP contribution in [-0.2, 0) is 6.54 Å². The molecule has 0 bridgehead atoms. The molecule has 0 saturated carbocycles. The fraction of sp³-hybridized carbons (Fsp3) is 0.263. The van der Waals surface area contributed by atoms with E-state index in [1.54, 1.807) is 4.57 Å². The first-order chi connectivity index (χ1) is 12.0. The number of hydrogen-bond acceptors (Lipinski definition) is 4. The summed E-state index contributed by atoms with van der Waals surface area (Å²) in [6.45, 7) is 6.86. The average molecular weight is 358 g/mol. The summed E-state index contributed by atoms with van der Waals surface area (Å²) in [5.41, 5.74) is 4.13. The van der Waals surface area contributed by atoms with Gasteiger partial charge in [-0.05, 0) is 44.5 Å². The zero-order valence-corrected chi connectivity index (χ0v) is 15.2. The van der Waals surface area contributed by atoms with Crippen LogP contribution in [0.25, 0.3) is 11.1 Å². The van der Waals surface area contributed by atoms with Crippen molar-refractivity contribution in [3.05, 3.63) is 68.9 Å². The molecule has 0 amide bonds. The van der Waals surface area contributed by atoms with Gasteiger partial charge in [-0.3, -0.25) is 4.79 Å². The van der Waals surface area contributed by atoms with Gasteiger partial charge < -0.3 is 14.4 Å². The van der Waals surface area contributed by atoms with Crippen molar-refractivity contribution in [1.29, 1.82) is 0 Å². The maximum atomic E-state index is 12.8. The second kappa shape index (κ2) is 7.15. The number of benzene rings is 1. The molecule has 6 heteroatoms. The van der Waals surface area contributed by atoms with E-state index in [1.165, 1.54) is 0 Å². The first-order valence-corrected chi connectivity index (χ1v) is 8.53. The van der Waals surface area contributed by atoms with Crippen LogP contribution in [0.5, 0.6) is 0 Å². The Labute approximate surface area is 151 Å². The van der Waals surface area contributed by atoms with Crippen LogP contribution in [0.15, 0.2) is 45.8 Å². The van der Waals surface area contributed by atoms with Gasteiger partial charge in [0.2, 0.25) is 0 Å². The van der Waals surface area contributed by atoms with Crippen LogP contribution >= 0.6 is 11.6 Å². The van der Waals surface area contributed by atoms with E-state index in [4.69, 9.17) is 16.1 Å². The molecule has 0 aliphatic rings. The first kappa shape index (κ1) is 17.3. The Kier molecular flexibility index (Phi) is 4.95. The summed E-state index contributed by atoms with van der Waals surface area (Å²) >= 11 is 5.94. The standard InChI is InChI=1S/C19H20ClN3O2/c1-4-21-17-9-15(18-12(2)22-25-13(18)3)11-23(19(17)24)10-14-5-7-16(20)8-6-14/h5-9,11,21H,4,10H2,1-3H3. The molecule has 0 unspecified atom stereocenters. The van der Waals surface area contributed by atoms with Crippen molar-refractivity contribution in [2.24, 2.45) is 0 Å². The Bertz CT molecular complexity index is 923. The second-order valence-corrected chi connectivity index (χ2v) is 6.37. The van der Waals surface area contributed by atoms with Crippen LogP contribution in [-0.4, -0.2) is 16.3 Å². The number of anilines is 1. The summed E-state index contributed by atoms with van der Waals surface area (Å²) < 4.78 is 6.98. The van der Waals surface area contributed by atoms with E-state index in [-0.39, 0.29) is 5.56 Å².